The summed E-state index contributed by atoms with van der Waals surface area (Å²) < 4.78 is 28.9. The molecule has 1 saturated heterocycles. The summed E-state index contributed by atoms with van der Waals surface area (Å²) in [6, 6.07) is 11.2. The molecule has 3 aliphatic heterocycles. The molecule has 0 bridgehead atoms. The van der Waals surface area contributed by atoms with Gasteiger partial charge in [-0.05, 0) is 36.6 Å². The van der Waals surface area contributed by atoms with Crippen LogP contribution in [-0.2, 0) is 25.5 Å². The predicted molar refractivity (Wildman–Crippen MR) is 140 cm³/mol. The SMILES string of the molecule is N#Cc1ccc(N2CCN(CCCc3coc4c(Cl)cccc34)C3(C2)OC(=O)C=CC(=O)O3)c2c1OCCO2. The second-order valence-corrected chi connectivity index (χ2v) is 9.78. The molecule has 200 valence electrons. The van der Waals surface area contributed by atoms with Crippen LogP contribution in [0.4, 0.5) is 5.69 Å². The van der Waals surface area contributed by atoms with Crippen LogP contribution in [0.1, 0.15) is 17.5 Å². The molecule has 0 N–H and O–H groups in total. The zero-order chi connectivity index (χ0) is 27.0. The van der Waals surface area contributed by atoms with Crippen LogP contribution in [0.15, 0.2) is 53.2 Å². The monoisotopic (exact) mass is 549 g/mol. The fraction of sp³-hybridized carbons (Fsp3) is 0.321. The lowest BCUT2D eigenvalue weighted by Gasteiger charge is -2.48. The van der Waals surface area contributed by atoms with Crippen molar-refractivity contribution >= 4 is 40.2 Å². The number of carbonyl (C=O) groups is 2. The van der Waals surface area contributed by atoms with Crippen molar-refractivity contribution in [1.29, 1.82) is 5.26 Å². The predicted octanol–water partition coefficient (Wildman–Crippen LogP) is 3.79. The number of hydrogen-bond donors (Lipinski definition) is 0. The maximum absolute atomic E-state index is 12.6. The number of ether oxygens (including phenoxy) is 4. The molecule has 3 aliphatic rings. The van der Waals surface area contributed by atoms with Gasteiger partial charge in [0, 0.05) is 37.2 Å². The van der Waals surface area contributed by atoms with Crippen LogP contribution in [0.25, 0.3) is 11.0 Å². The van der Waals surface area contributed by atoms with E-state index in [1.54, 1.807) is 24.5 Å². The maximum atomic E-state index is 12.6. The summed E-state index contributed by atoms with van der Waals surface area (Å²) in [7, 11) is 0. The van der Waals surface area contributed by atoms with Crippen molar-refractivity contribution < 1.29 is 33.0 Å². The number of anilines is 1. The first kappa shape index (κ1) is 25.1. The quantitative estimate of drug-likeness (QED) is 0.435. The Morgan fingerprint density at radius 3 is 2.54 bits per heavy atom. The molecule has 4 heterocycles. The number of carbonyl (C=O) groups excluding carboxylic acids is 2. The standard InChI is InChI=1S/C28H24ClN3O7/c29-21-5-1-4-20-19(16-37-26(20)21)3-2-10-32-12-11-31(17-28(32)38-23(33)8-9-24(34)39-28)22-7-6-18(15-30)25-27(22)36-14-13-35-25/h1,4-9,16H,2-3,10-14,17H2. The Hall–Kier alpha value is -4.20. The van der Waals surface area contributed by atoms with E-state index in [-0.39, 0.29) is 6.54 Å². The van der Waals surface area contributed by atoms with Crippen LogP contribution in [0, 0.1) is 11.3 Å². The number of benzene rings is 2. The van der Waals surface area contributed by atoms with E-state index >= 15 is 0 Å². The van der Waals surface area contributed by atoms with E-state index in [0.717, 1.165) is 23.1 Å². The van der Waals surface area contributed by atoms with Crippen LogP contribution >= 0.6 is 11.6 Å². The molecule has 0 aliphatic carbocycles. The molecule has 1 spiro atoms. The molecule has 39 heavy (non-hydrogen) atoms. The third-order valence-corrected chi connectivity index (χ3v) is 7.32. The first-order valence-corrected chi connectivity index (χ1v) is 13.0. The minimum Gasteiger partial charge on any atom is -0.485 e. The number of nitrogens with zero attached hydrogens (tertiary/aromatic N) is 3. The Morgan fingerprint density at radius 2 is 1.77 bits per heavy atom. The molecule has 6 rings (SSSR count). The second-order valence-electron chi connectivity index (χ2n) is 9.38. The first-order valence-electron chi connectivity index (χ1n) is 12.6. The van der Waals surface area contributed by atoms with E-state index in [2.05, 4.69) is 6.07 Å². The zero-order valence-corrected chi connectivity index (χ0v) is 21.6. The molecule has 0 unspecified atom stereocenters. The lowest BCUT2D eigenvalue weighted by atomic mass is 10.1. The Morgan fingerprint density at radius 1 is 1.00 bits per heavy atom. The van der Waals surface area contributed by atoms with E-state index in [9.17, 15) is 14.9 Å². The van der Waals surface area contributed by atoms with Crippen molar-refractivity contribution in [2.45, 2.75) is 18.8 Å². The van der Waals surface area contributed by atoms with E-state index in [0.29, 0.717) is 79.0 Å². The van der Waals surface area contributed by atoms with Gasteiger partial charge in [-0.2, -0.15) is 5.26 Å². The van der Waals surface area contributed by atoms with Gasteiger partial charge in [0.2, 0.25) is 0 Å². The third-order valence-electron chi connectivity index (χ3n) is 7.02. The van der Waals surface area contributed by atoms with E-state index in [1.807, 2.05) is 21.9 Å². The molecule has 0 saturated carbocycles. The minimum absolute atomic E-state index is 0.0398. The van der Waals surface area contributed by atoms with Gasteiger partial charge in [0.05, 0.1) is 22.5 Å². The zero-order valence-electron chi connectivity index (χ0n) is 20.9. The smallest absolute Gasteiger partial charge is 0.339 e. The van der Waals surface area contributed by atoms with E-state index in [4.69, 9.17) is 35.0 Å². The number of piperazine rings is 1. The molecule has 10 nitrogen and oxygen atoms in total. The average Bonchev–Trinajstić information content (AvgIpc) is 3.30. The van der Waals surface area contributed by atoms with Crippen molar-refractivity contribution in [3.8, 4) is 17.6 Å². The Kier molecular flexibility index (Phi) is 6.54. The number of para-hydroxylation sites is 1. The number of halogens is 1. The summed E-state index contributed by atoms with van der Waals surface area (Å²) >= 11 is 6.25. The Bertz CT molecular complexity index is 1510. The molecule has 3 aromatic rings. The Balaban J connectivity index is 1.26. The summed E-state index contributed by atoms with van der Waals surface area (Å²) in [6.07, 6.45) is 5.19. The number of esters is 2. The van der Waals surface area contributed by atoms with Gasteiger partial charge in [-0.25, -0.2) is 14.5 Å². The number of rotatable bonds is 5. The normalized spacial score (nSPS) is 18.5. The summed E-state index contributed by atoms with van der Waals surface area (Å²) in [5, 5.41) is 11.0. The molecule has 0 radical (unpaired) electrons. The highest BCUT2D eigenvalue weighted by atomic mass is 35.5. The summed E-state index contributed by atoms with van der Waals surface area (Å²) in [4.78, 5) is 28.9. The number of hydrogen-bond acceptors (Lipinski definition) is 10. The van der Waals surface area contributed by atoms with Gasteiger partial charge >= 0.3 is 17.8 Å². The molecule has 11 heteroatoms. The molecule has 1 aromatic heterocycles. The summed E-state index contributed by atoms with van der Waals surface area (Å²) in [5.74, 6) is -2.19. The van der Waals surface area contributed by atoms with Gasteiger partial charge in [-0.15, -0.1) is 0 Å². The van der Waals surface area contributed by atoms with E-state index in [1.165, 1.54) is 0 Å². The highest BCUT2D eigenvalue weighted by Crippen LogP contribution is 2.44. The molecular formula is C28H24ClN3O7. The van der Waals surface area contributed by atoms with Gasteiger partial charge in [0.15, 0.2) is 17.1 Å². The largest absolute Gasteiger partial charge is 0.485 e. The molecular weight excluding hydrogens is 526 g/mol. The van der Waals surface area contributed by atoms with Gasteiger partial charge in [-0.3, -0.25) is 0 Å². The lowest BCUT2D eigenvalue weighted by Crippen LogP contribution is -2.66. The van der Waals surface area contributed by atoms with Crippen LogP contribution in [-0.4, -0.2) is 62.1 Å². The van der Waals surface area contributed by atoms with Crippen molar-refractivity contribution in [3.05, 3.63) is 64.9 Å². The second kappa shape index (κ2) is 10.2. The van der Waals surface area contributed by atoms with Crippen LogP contribution in [0.2, 0.25) is 5.02 Å². The van der Waals surface area contributed by atoms with Crippen molar-refractivity contribution in [2.75, 3.05) is 44.3 Å². The van der Waals surface area contributed by atoms with Crippen molar-refractivity contribution in [1.82, 2.24) is 4.90 Å². The first-order chi connectivity index (χ1) is 19.0. The van der Waals surface area contributed by atoms with Crippen molar-refractivity contribution in [3.63, 3.8) is 0 Å². The van der Waals surface area contributed by atoms with E-state index < -0.39 is 17.8 Å². The highest BCUT2D eigenvalue weighted by molar-refractivity contribution is 6.34. The highest BCUT2D eigenvalue weighted by Gasteiger charge is 2.50. The van der Waals surface area contributed by atoms with Crippen LogP contribution in [0.3, 0.4) is 0 Å². The maximum Gasteiger partial charge on any atom is 0.339 e. The van der Waals surface area contributed by atoms with Crippen LogP contribution < -0.4 is 14.4 Å². The molecule has 1 fully saturated rings. The summed E-state index contributed by atoms with van der Waals surface area (Å²) in [6.45, 7) is 2.14. The third kappa shape index (κ3) is 4.64. The number of furan rings is 1. The molecule has 0 amide bonds. The van der Waals surface area contributed by atoms with Gasteiger partial charge < -0.3 is 28.3 Å². The summed E-state index contributed by atoms with van der Waals surface area (Å²) in [5.41, 5.74) is 2.69. The fourth-order valence-electron chi connectivity index (χ4n) is 5.24. The van der Waals surface area contributed by atoms with Gasteiger partial charge in [0.1, 0.15) is 25.8 Å². The molecule has 0 atom stereocenters. The topological polar surface area (TPSA) is 114 Å². The van der Waals surface area contributed by atoms with Gasteiger partial charge in [-0.1, -0.05) is 23.7 Å². The minimum atomic E-state index is -1.66. The number of fused-ring (bicyclic) bond motifs is 2. The fourth-order valence-corrected chi connectivity index (χ4v) is 5.46. The van der Waals surface area contributed by atoms with Gasteiger partial charge in [0.25, 0.3) is 0 Å². The van der Waals surface area contributed by atoms with Crippen LogP contribution in [0.5, 0.6) is 11.5 Å². The average molecular weight is 550 g/mol. The number of nitriles is 1. The molecule has 2 aromatic carbocycles. The number of aryl methyl sites for hydroxylation is 1. The van der Waals surface area contributed by atoms with Crippen molar-refractivity contribution in [2.24, 2.45) is 0 Å². The Labute approximate surface area is 228 Å². The lowest BCUT2D eigenvalue weighted by molar-refractivity contribution is -0.282.